The molecule has 2 unspecified atom stereocenters. The molecule has 5 aromatic heterocycles. The second kappa shape index (κ2) is 12.7. The Bertz CT molecular complexity index is 2450. The van der Waals surface area contributed by atoms with E-state index in [9.17, 15) is 1.37 Å². The predicted octanol–water partition coefficient (Wildman–Crippen LogP) is 11.0. The van der Waals surface area contributed by atoms with E-state index in [0.717, 1.165) is 61.4 Å². The van der Waals surface area contributed by atoms with E-state index in [2.05, 4.69) is 86.6 Å². The molecule has 0 aliphatic carbocycles. The first-order valence-electron chi connectivity index (χ1n) is 17.9. The Labute approximate surface area is 300 Å². The van der Waals surface area contributed by atoms with E-state index in [0.29, 0.717) is 17.0 Å². The van der Waals surface area contributed by atoms with Crippen LogP contribution in [0.1, 0.15) is 80.0 Å². The Morgan fingerprint density at radius 3 is 1.80 bits per heavy atom. The van der Waals surface area contributed by atoms with Crippen LogP contribution >= 0.6 is 0 Å². The molecule has 250 valence electrons. The maximum Gasteiger partial charge on any atom is 0.227 e. The minimum absolute atomic E-state index is 0.576. The summed E-state index contributed by atoms with van der Waals surface area (Å²) in [5.41, 5.74) is 8.97. The zero-order valence-corrected chi connectivity index (χ0v) is 29.6. The summed E-state index contributed by atoms with van der Waals surface area (Å²) in [6.45, 7) is 10.2. The quantitative estimate of drug-likeness (QED) is 0.162. The number of nitrogens with zero attached hydrogens (tertiary/aromatic N) is 4. The Balaban J connectivity index is 1.48. The minimum Gasteiger partial charge on any atom is -0.437 e. The van der Waals surface area contributed by atoms with Crippen LogP contribution < -0.4 is 0 Å². The largest absolute Gasteiger partial charge is 0.437 e. The lowest BCUT2D eigenvalue weighted by atomic mass is 9.72. The fourth-order valence-corrected chi connectivity index (χ4v) is 7.29. The normalized spacial score (nSPS) is 14.6. The number of hydrogen-bond donors (Lipinski definition) is 0. The van der Waals surface area contributed by atoms with Crippen LogP contribution in [0.2, 0.25) is 0 Å². The number of aryl methyl sites for hydroxylation is 1. The molecule has 5 nitrogen and oxygen atoms in total. The molecule has 2 atom stereocenters. The average Bonchev–Trinajstić information content (AvgIpc) is 3.55. The third-order valence-electron chi connectivity index (χ3n) is 10.4. The number of benzene rings is 3. The maximum absolute atomic E-state index is 9.30. The van der Waals surface area contributed by atoms with Crippen LogP contribution in [-0.4, -0.2) is 19.9 Å². The third kappa shape index (κ3) is 5.50. The van der Waals surface area contributed by atoms with Crippen molar-refractivity contribution in [1.82, 2.24) is 19.9 Å². The van der Waals surface area contributed by atoms with Crippen LogP contribution in [0.5, 0.6) is 0 Å². The number of aromatic nitrogens is 4. The SMILES string of the molecule is [2H]C(C)(C)c1cc(-c2cc(C(C)(c3ccccc3)c3ccccn3)cc3c2oc2nc(C)ccc23)nc(C(C)(c2ccccc2)c2ccccn2)c1. The van der Waals surface area contributed by atoms with Gasteiger partial charge in [-0.1, -0.05) is 86.6 Å². The number of pyridine rings is 4. The molecule has 0 radical (unpaired) electrons. The van der Waals surface area contributed by atoms with Crippen molar-refractivity contribution in [3.63, 3.8) is 0 Å². The highest BCUT2D eigenvalue weighted by Gasteiger charge is 2.37. The molecule has 8 aromatic rings. The summed E-state index contributed by atoms with van der Waals surface area (Å²) in [7, 11) is 0. The van der Waals surface area contributed by atoms with Crippen LogP contribution in [0.3, 0.4) is 0 Å². The van der Waals surface area contributed by atoms with Gasteiger partial charge in [0.2, 0.25) is 5.71 Å². The first-order chi connectivity index (χ1) is 25.1. The van der Waals surface area contributed by atoms with Crippen LogP contribution in [0.25, 0.3) is 33.3 Å². The van der Waals surface area contributed by atoms with Crippen molar-refractivity contribution in [2.24, 2.45) is 0 Å². The van der Waals surface area contributed by atoms with Gasteiger partial charge in [0.1, 0.15) is 5.58 Å². The number of fused-ring (bicyclic) bond motifs is 3. The first-order valence-corrected chi connectivity index (χ1v) is 17.4. The average molecular weight is 666 g/mol. The van der Waals surface area contributed by atoms with Gasteiger partial charge < -0.3 is 4.42 Å². The summed E-state index contributed by atoms with van der Waals surface area (Å²) in [5.74, 6) is -0.927. The van der Waals surface area contributed by atoms with Crippen LogP contribution in [0.4, 0.5) is 0 Å². The predicted molar refractivity (Wildman–Crippen MR) is 206 cm³/mol. The van der Waals surface area contributed by atoms with E-state index >= 15 is 0 Å². The van der Waals surface area contributed by atoms with E-state index in [1.165, 1.54) is 0 Å². The summed E-state index contributed by atoms with van der Waals surface area (Å²) >= 11 is 0. The highest BCUT2D eigenvalue weighted by molar-refractivity contribution is 6.09. The van der Waals surface area contributed by atoms with Gasteiger partial charge in [0.05, 0.1) is 33.6 Å². The summed E-state index contributed by atoms with van der Waals surface area (Å²) in [5, 5.41) is 1.88. The Hall–Kier alpha value is -5.94. The zero-order valence-electron chi connectivity index (χ0n) is 30.6. The monoisotopic (exact) mass is 665 g/mol. The van der Waals surface area contributed by atoms with Crippen molar-refractivity contribution < 1.29 is 5.79 Å². The molecule has 0 fully saturated rings. The lowest BCUT2D eigenvalue weighted by Crippen LogP contribution is -2.28. The Kier molecular flexibility index (Phi) is 7.76. The van der Waals surface area contributed by atoms with Crippen LogP contribution in [-0.2, 0) is 10.8 Å². The highest BCUT2D eigenvalue weighted by Crippen LogP contribution is 2.45. The second-order valence-corrected chi connectivity index (χ2v) is 13.8. The molecule has 0 spiro atoms. The highest BCUT2D eigenvalue weighted by atomic mass is 16.3. The van der Waals surface area contributed by atoms with Crippen LogP contribution in [0, 0.1) is 6.92 Å². The fraction of sp³-hybridized carbons (Fsp3) is 0.174. The minimum atomic E-state index is -0.927. The first kappa shape index (κ1) is 31.1. The lowest BCUT2D eigenvalue weighted by molar-refractivity contribution is 0.637. The van der Waals surface area contributed by atoms with Gasteiger partial charge in [-0.3, -0.25) is 15.0 Å². The Morgan fingerprint density at radius 2 is 1.20 bits per heavy atom. The van der Waals surface area contributed by atoms with Crippen molar-refractivity contribution in [3.05, 3.63) is 191 Å². The maximum atomic E-state index is 9.30. The molecule has 0 amide bonds. The molecule has 0 aliphatic rings. The van der Waals surface area contributed by atoms with Gasteiger partial charge in [-0.05, 0) is 110 Å². The molecular weight excluding hydrogens is 625 g/mol. The molecule has 0 N–H and O–H groups in total. The summed E-state index contributed by atoms with van der Waals surface area (Å²) in [6, 6.07) is 45.6. The smallest absolute Gasteiger partial charge is 0.227 e. The summed E-state index contributed by atoms with van der Waals surface area (Å²) < 4.78 is 16.0. The van der Waals surface area contributed by atoms with Crippen molar-refractivity contribution in [3.8, 4) is 11.3 Å². The van der Waals surface area contributed by atoms with E-state index in [4.69, 9.17) is 24.4 Å². The zero-order chi connectivity index (χ0) is 36.1. The standard InChI is InChI=1S/C46H40N4O/c1-30(2)32-26-39(50-42(27-32)46(5,34-18-10-7-11-19-34)41-21-13-15-25-48-41)38-29-35(28-37-36-23-22-31(3)49-44(36)51-43(37)38)45(4,33-16-8-6-9-17-33)40-20-12-14-24-47-40/h6-30H,1-5H3/i30D. The van der Waals surface area contributed by atoms with Gasteiger partial charge in [-0.2, -0.15) is 0 Å². The molecule has 5 heterocycles. The van der Waals surface area contributed by atoms with Gasteiger partial charge >= 0.3 is 0 Å². The van der Waals surface area contributed by atoms with Crippen molar-refractivity contribution >= 4 is 22.1 Å². The van der Waals surface area contributed by atoms with Gasteiger partial charge in [-0.15, -0.1) is 0 Å². The van der Waals surface area contributed by atoms with E-state index in [1.54, 1.807) is 0 Å². The van der Waals surface area contributed by atoms with Gasteiger partial charge in [0, 0.05) is 35.8 Å². The number of rotatable bonds is 8. The molecule has 0 aliphatic heterocycles. The van der Waals surface area contributed by atoms with Crippen molar-refractivity contribution in [2.45, 2.75) is 51.3 Å². The topological polar surface area (TPSA) is 64.7 Å². The van der Waals surface area contributed by atoms with E-state index < -0.39 is 16.7 Å². The molecule has 0 saturated carbocycles. The number of furan rings is 1. The molecule has 0 saturated heterocycles. The van der Waals surface area contributed by atoms with Gasteiger partial charge in [-0.25, -0.2) is 4.98 Å². The Morgan fingerprint density at radius 1 is 0.588 bits per heavy atom. The van der Waals surface area contributed by atoms with Crippen molar-refractivity contribution in [2.75, 3.05) is 0 Å². The summed E-state index contributed by atoms with van der Waals surface area (Å²) in [4.78, 5) is 20.1. The van der Waals surface area contributed by atoms with Gasteiger partial charge in [0.15, 0.2) is 0 Å². The molecule has 51 heavy (non-hydrogen) atoms. The van der Waals surface area contributed by atoms with Gasteiger partial charge in [0.25, 0.3) is 0 Å². The second-order valence-electron chi connectivity index (χ2n) is 13.8. The van der Waals surface area contributed by atoms with E-state index in [1.807, 2.05) is 93.8 Å². The number of hydrogen-bond acceptors (Lipinski definition) is 5. The molecule has 5 heteroatoms. The summed E-state index contributed by atoms with van der Waals surface area (Å²) in [6.07, 6.45) is 3.68. The lowest BCUT2D eigenvalue weighted by Gasteiger charge is -2.32. The van der Waals surface area contributed by atoms with Crippen LogP contribution in [0.15, 0.2) is 150 Å². The van der Waals surface area contributed by atoms with Crippen molar-refractivity contribution in [1.29, 1.82) is 0 Å². The van der Waals surface area contributed by atoms with E-state index in [-0.39, 0.29) is 0 Å². The molecular formula is C46H40N4O. The molecule has 3 aromatic carbocycles. The molecule has 8 rings (SSSR count). The molecule has 0 bridgehead atoms. The third-order valence-corrected chi connectivity index (χ3v) is 10.4. The fourth-order valence-electron chi connectivity index (χ4n) is 7.29.